The topological polar surface area (TPSA) is 35.5 Å². The molecule has 31 heavy (non-hydrogen) atoms. The van der Waals surface area contributed by atoms with Crippen LogP contribution in [-0.4, -0.2) is 19.9 Å². The van der Waals surface area contributed by atoms with Gasteiger partial charge in [0.1, 0.15) is 5.76 Å². The van der Waals surface area contributed by atoms with Gasteiger partial charge in [-0.25, -0.2) is 4.79 Å². The molecule has 6 aliphatic rings. The third-order valence-corrected chi connectivity index (χ3v) is 14.9. The van der Waals surface area contributed by atoms with Gasteiger partial charge in [-0.3, -0.25) is 0 Å². The van der Waals surface area contributed by atoms with Gasteiger partial charge in [-0.15, -0.1) is 0 Å². The molecule has 0 spiro atoms. The van der Waals surface area contributed by atoms with Gasteiger partial charge in [0.25, 0.3) is 0 Å². The highest BCUT2D eigenvalue weighted by Crippen LogP contribution is 2.75. The van der Waals surface area contributed by atoms with Crippen LogP contribution in [0.1, 0.15) is 73.1 Å². The largest absolute Gasteiger partial charge is 0.423 e. The summed E-state index contributed by atoms with van der Waals surface area (Å²) >= 11 is 0. The summed E-state index contributed by atoms with van der Waals surface area (Å²) in [6.07, 6.45) is 9.80. The maximum Gasteiger partial charge on any atom is 0.339 e. The Labute approximate surface area is 188 Å². The van der Waals surface area contributed by atoms with Crippen molar-refractivity contribution in [2.24, 2.45) is 29.1 Å². The Kier molecular flexibility index (Phi) is 3.87. The molecule has 0 aromatic heterocycles. The zero-order valence-corrected chi connectivity index (χ0v) is 21.4. The lowest BCUT2D eigenvalue weighted by atomic mass is 9.52. The summed E-state index contributed by atoms with van der Waals surface area (Å²) in [6, 6.07) is 0. The number of ether oxygens (including phenoxy) is 1. The smallest absolute Gasteiger partial charge is 0.339 e. The lowest BCUT2D eigenvalue weighted by Crippen LogP contribution is -2.61. The van der Waals surface area contributed by atoms with Gasteiger partial charge in [0.05, 0.1) is 5.60 Å². The molecule has 1 aliphatic heterocycles. The Bertz CT molecular complexity index is 992. The molecule has 2 fully saturated rings. The highest BCUT2D eigenvalue weighted by atomic mass is 28.4. The van der Waals surface area contributed by atoms with Crippen LogP contribution >= 0.6 is 0 Å². The molecule has 0 N–H and O–H groups in total. The maximum absolute atomic E-state index is 12.8. The van der Waals surface area contributed by atoms with E-state index in [1.54, 1.807) is 11.1 Å². The fraction of sp³-hybridized carbons (Fsp3) is 0.741. The molecule has 5 aliphatic carbocycles. The van der Waals surface area contributed by atoms with Crippen LogP contribution in [0.2, 0.25) is 18.1 Å². The van der Waals surface area contributed by atoms with Crippen LogP contribution in [0.3, 0.4) is 0 Å². The summed E-state index contributed by atoms with van der Waals surface area (Å²) in [5.41, 5.74) is 5.26. The number of carbonyl (C=O) groups is 1. The van der Waals surface area contributed by atoms with Crippen molar-refractivity contribution < 1.29 is 14.0 Å². The number of hydrogen-bond donors (Lipinski definition) is 0. The summed E-state index contributed by atoms with van der Waals surface area (Å²) in [7, 11) is -2.01. The van der Waals surface area contributed by atoms with E-state index in [-0.39, 0.29) is 27.9 Å². The normalized spacial score (nSPS) is 43.2. The Hall–Kier alpha value is -1.13. The molecular formula is C27H38O3Si. The first kappa shape index (κ1) is 20.5. The van der Waals surface area contributed by atoms with Crippen LogP contribution < -0.4 is 0 Å². The van der Waals surface area contributed by atoms with Crippen LogP contribution in [0.25, 0.3) is 0 Å². The summed E-state index contributed by atoms with van der Waals surface area (Å²) in [5.74, 6) is 2.98. The Morgan fingerprint density at radius 1 is 1.23 bits per heavy atom. The first-order valence-corrected chi connectivity index (χ1v) is 15.4. The number of carbonyl (C=O) groups excluding carboxylic acids is 1. The van der Waals surface area contributed by atoms with Crippen molar-refractivity contribution >= 4 is 14.3 Å². The SMILES string of the molecule is CC1=C2C(=C[C@]3(C)C4=C(C[C@@H]5CCCC[C@]5(O[Si](C)(C)C(C)(C)C)C24)[C@H]2C[C@H]23)OC1=O. The minimum absolute atomic E-state index is 0.0423. The van der Waals surface area contributed by atoms with Gasteiger partial charge in [-0.05, 0) is 74.6 Å². The molecular weight excluding hydrogens is 400 g/mol. The number of hydrogen-bond acceptors (Lipinski definition) is 3. The van der Waals surface area contributed by atoms with Gasteiger partial charge < -0.3 is 9.16 Å². The van der Waals surface area contributed by atoms with Gasteiger partial charge in [0.15, 0.2) is 8.32 Å². The third kappa shape index (κ3) is 2.42. The van der Waals surface area contributed by atoms with E-state index < -0.39 is 8.32 Å². The molecule has 168 valence electrons. The van der Waals surface area contributed by atoms with E-state index in [0.29, 0.717) is 11.8 Å². The molecule has 0 radical (unpaired) electrons. The van der Waals surface area contributed by atoms with E-state index >= 15 is 0 Å². The van der Waals surface area contributed by atoms with E-state index in [1.165, 1.54) is 37.7 Å². The number of fused-ring (bicyclic) bond motifs is 7. The van der Waals surface area contributed by atoms with Crippen LogP contribution in [0.5, 0.6) is 0 Å². The van der Waals surface area contributed by atoms with Gasteiger partial charge in [-0.2, -0.15) is 0 Å². The van der Waals surface area contributed by atoms with Crippen molar-refractivity contribution in [2.45, 2.75) is 96.9 Å². The predicted molar refractivity (Wildman–Crippen MR) is 125 cm³/mol. The standard InChI is InChI=1S/C27H38O3Si/c1-15-21-20(29-24(15)28)14-26(5)19-13-17(19)18-12-16-10-8-9-11-27(16,23(21)22(18)26)30-31(6,7)25(2,3)4/h14,16-17,19,23H,8-13H2,1-7H3/t16-,17+,19+,23?,26-,27+/m0/s1. The molecule has 1 unspecified atom stereocenters. The van der Waals surface area contributed by atoms with Crippen LogP contribution in [-0.2, 0) is 14.0 Å². The monoisotopic (exact) mass is 438 g/mol. The zero-order chi connectivity index (χ0) is 22.1. The highest BCUT2D eigenvalue weighted by Gasteiger charge is 2.70. The van der Waals surface area contributed by atoms with Crippen LogP contribution in [0, 0.1) is 29.1 Å². The second kappa shape index (κ2) is 5.86. The fourth-order valence-electron chi connectivity index (χ4n) is 7.81. The lowest BCUT2D eigenvalue weighted by molar-refractivity contribution is -0.133. The van der Waals surface area contributed by atoms with Crippen molar-refractivity contribution in [1.82, 2.24) is 0 Å². The van der Waals surface area contributed by atoms with Crippen LogP contribution in [0.15, 0.2) is 34.1 Å². The molecule has 0 amide bonds. The molecule has 3 nitrogen and oxygen atoms in total. The fourth-order valence-corrected chi connectivity index (χ4v) is 9.45. The molecule has 0 saturated heterocycles. The van der Waals surface area contributed by atoms with E-state index in [9.17, 15) is 4.79 Å². The molecule has 6 rings (SSSR count). The molecule has 1 heterocycles. The van der Waals surface area contributed by atoms with Crippen molar-refractivity contribution in [3.63, 3.8) is 0 Å². The first-order valence-electron chi connectivity index (χ1n) is 12.5. The predicted octanol–water partition coefficient (Wildman–Crippen LogP) is 6.68. The first-order chi connectivity index (χ1) is 14.4. The average molecular weight is 439 g/mol. The van der Waals surface area contributed by atoms with E-state index in [2.05, 4.69) is 46.9 Å². The Morgan fingerprint density at radius 3 is 2.68 bits per heavy atom. The van der Waals surface area contributed by atoms with E-state index in [4.69, 9.17) is 9.16 Å². The van der Waals surface area contributed by atoms with E-state index in [0.717, 1.165) is 23.7 Å². The summed E-state index contributed by atoms with van der Waals surface area (Å²) in [5, 5.41) is 0.165. The van der Waals surface area contributed by atoms with Crippen molar-refractivity contribution in [2.75, 3.05) is 0 Å². The minimum atomic E-state index is -2.01. The second-order valence-corrected chi connectivity index (χ2v) is 17.7. The molecule has 6 atom stereocenters. The molecule has 4 heteroatoms. The number of rotatable bonds is 2. The van der Waals surface area contributed by atoms with Crippen molar-refractivity contribution in [3.8, 4) is 0 Å². The summed E-state index contributed by atoms with van der Waals surface area (Å²) in [4.78, 5) is 12.8. The number of allylic oxidation sites excluding steroid dienone is 3. The molecule has 0 bridgehead atoms. The quantitative estimate of drug-likeness (QED) is 0.274. The second-order valence-electron chi connectivity index (χ2n) is 13.0. The van der Waals surface area contributed by atoms with Gasteiger partial charge in [0.2, 0.25) is 0 Å². The lowest BCUT2D eigenvalue weighted by Gasteiger charge is -2.60. The van der Waals surface area contributed by atoms with E-state index in [1.807, 2.05) is 6.92 Å². The third-order valence-electron chi connectivity index (χ3n) is 10.4. The maximum atomic E-state index is 12.8. The van der Waals surface area contributed by atoms with Gasteiger partial charge in [0, 0.05) is 22.5 Å². The Balaban J connectivity index is 1.60. The molecule has 0 aromatic rings. The zero-order valence-electron chi connectivity index (χ0n) is 20.4. The average Bonchev–Trinajstić information content (AvgIpc) is 3.37. The van der Waals surface area contributed by atoms with Crippen molar-refractivity contribution in [3.05, 3.63) is 34.1 Å². The summed E-state index contributed by atoms with van der Waals surface area (Å²) in [6.45, 7) is 16.3. The van der Waals surface area contributed by atoms with Gasteiger partial charge in [-0.1, -0.05) is 51.7 Å². The molecule has 2 saturated carbocycles. The van der Waals surface area contributed by atoms with Crippen LogP contribution in [0.4, 0.5) is 0 Å². The van der Waals surface area contributed by atoms with Gasteiger partial charge >= 0.3 is 5.97 Å². The molecule has 0 aromatic carbocycles. The van der Waals surface area contributed by atoms with Crippen molar-refractivity contribution in [1.29, 1.82) is 0 Å². The highest BCUT2D eigenvalue weighted by molar-refractivity contribution is 6.74. The minimum Gasteiger partial charge on any atom is -0.423 e. The summed E-state index contributed by atoms with van der Waals surface area (Å²) < 4.78 is 13.5. The number of esters is 1. The Morgan fingerprint density at radius 2 is 1.97 bits per heavy atom.